The van der Waals surface area contributed by atoms with E-state index < -0.39 is 5.91 Å². The zero-order valence-corrected chi connectivity index (χ0v) is 15.6. The second kappa shape index (κ2) is 8.29. The Balaban J connectivity index is 1.50. The number of halogens is 1. The lowest BCUT2D eigenvalue weighted by atomic mass is 10.1. The van der Waals surface area contributed by atoms with Crippen LogP contribution in [0.4, 0.5) is 0 Å². The molecule has 2 amide bonds. The molecule has 0 unspecified atom stereocenters. The van der Waals surface area contributed by atoms with Crippen molar-refractivity contribution in [2.24, 2.45) is 0 Å². The van der Waals surface area contributed by atoms with Gasteiger partial charge in [-0.15, -0.1) is 11.8 Å². The highest BCUT2D eigenvalue weighted by atomic mass is 35.5. The molecule has 2 N–H and O–H groups in total. The lowest BCUT2D eigenvalue weighted by molar-refractivity contribution is -0.119. The Morgan fingerprint density at radius 1 is 1.08 bits per heavy atom. The Hall–Kier alpha value is -2.44. The lowest BCUT2D eigenvalue weighted by Gasteiger charge is -2.07. The zero-order chi connectivity index (χ0) is 18.5. The summed E-state index contributed by atoms with van der Waals surface area (Å²) in [5.41, 5.74) is 7.13. The summed E-state index contributed by atoms with van der Waals surface area (Å²) >= 11 is 7.49. The van der Waals surface area contributed by atoms with E-state index >= 15 is 0 Å². The van der Waals surface area contributed by atoms with Crippen LogP contribution in [0.3, 0.4) is 0 Å². The summed E-state index contributed by atoms with van der Waals surface area (Å²) in [6.07, 6.45) is 0. The van der Waals surface area contributed by atoms with Gasteiger partial charge in [-0.1, -0.05) is 48.0 Å². The van der Waals surface area contributed by atoms with E-state index in [-0.39, 0.29) is 17.4 Å². The average Bonchev–Trinajstić information content (AvgIpc) is 2.98. The van der Waals surface area contributed by atoms with Gasteiger partial charge in [0.2, 0.25) is 5.91 Å². The number of aryl methyl sites for hydroxylation is 1. The van der Waals surface area contributed by atoms with Gasteiger partial charge in [-0.3, -0.25) is 20.4 Å². The van der Waals surface area contributed by atoms with E-state index in [1.165, 1.54) is 11.8 Å². The summed E-state index contributed by atoms with van der Waals surface area (Å²) in [6, 6.07) is 14.9. The van der Waals surface area contributed by atoms with Crippen molar-refractivity contribution in [3.05, 3.63) is 70.4 Å². The molecule has 5 nitrogen and oxygen atoms in total. The normalized spacial score (nSPS) is 10.7. The number of benzene rings is 2. The van der Waals surface area contributed by atoms with Gasteiger partial charge >= 0.3 is 5.91 Å². The Labute approximate surface area is 160 Å². The zero-order valence-electron chi connectivity index (χ0n) is 14.0. The molecule has 7 heteroatoms. The molecular weight excluding hydrogens is 372 g/mol. The molecule has 0 bridgehead atoms. The summed E-state index contributed by atoms with van der Waals surface area (Å²) < 4.78 is 5.56. The number of furan rings is 1. The maximum absolute atomic E-state index is 12.2. The Bertz CT molecular complexity index is 955. The molecular formula is C19H17ClN2O3S. The van der Waals surface area contributed by atoms with Crippen molar-refractivity contribution in [1.29, 1.82) is 0 Å². The molecule has 0 fully saturated rings. The molecule has 0 saturated carbocycles. The van der Waals surface area contributed by atoms with Crippen molar-refractivity contribution in [3.63, 3.8) is 0 Å². The van der Waals surface area contributed by atoms with Crippen molar-refractivity contribution in [2.75, 3.05) is 5.75 Å². The van der Waals surface area contributed by atoms with Crippen LogP contribution in [-0.4, -0.2) is 17.6 Å². The Morgan fingerprint density at radius 3 is 2.58 bits per heavy atom. The van der Waals surface area contributed by atoms with E-state index in [2.05, 4.69) is 10.9 Å². The molecule has 1 heterocycles. The van der Waals surface area contributed by atoms with Gasteiger partial charge in [0.05, 0.1) is 5.75 Å². The van der Waals surface area contributed by atoms with Crippen LogP contribution in [0, 0.1) is 6.92 Å². The molecule has 0 atom stereocenters. The van der Waals surface area contributed by atoms with Crippen molar-refractivity contribution >= 4 is 46.1 Å². The third-order valence-corrected chi connectivity index (χ3v) is 5.16. The van der Waals surface area contributed by atoms with E-state index in [4.69, 9.17) is 16.0 Å². The molecule has 1 aromatic heterocycles. The summed E-state index contributed by atoms with van der Waals surface area (Å²) in [5, 5.41) is 1.55. The fourth-order valence-electron chi connectivity index (χ4n) is 2.48. The van der Waals surface area contributed by atoms with Crippen LogP contribution in [0.25, 0.3) is 11.0 Å². The van der Waals surface area contributed by atoms with Gasteiger partial charge in [0.15, 0.2) is 5.76 Å². The topological polar surface area (TPSA) is 71.3 Å². The van der Waals surface area contributed by atoms with E-state index in [0.717, 1.165) is 16.5 Å². The molecule has 26 heavy (non-hydrogen) atoms. The predicted molar refractivity (Wildman–Crippen MR) is 104 cm³/mol. The molecule has 0 aliphatic carbocycles. The summed E-state index contributed by atoms with van der Waals surface area (Å²) in [5.74, 6) is 0.219. The number of hydrogen-bond acceptors (Lipinski definition) is 4. The number of nitrogens with one attached hydrogen (secondary N) is 2. The maximum atomic E-state index is 12.2. The Kier molecular flexibility index (Phi) is 5.85. The number of carbonyl (C=O) groups is 2. The van der Waals surface area contributed by atoms with Crippen LogP contribution in [0.15, 0.2) is 52.9 Å². The first-order valence-electron chi connectivity index (χ1n) is 7.94. The van der Waals surface area contributed by atoms with Crippen LogP contribution < -0.4 is 10.9 Å². The van der Waals surface area contributed by atoms with Crippen molar-refractivity contribution < 1.29 is 14.0 Å². The number of rotatable bonds is 5. The number of carbonyl (C=O) groups excluding carboxylic acids is 2. The van der Waals surface area contributed by atoms with E-state index in [1.54, 1.807) is 6.07 Å². The average molecular weight is 389 g/mol. The van der Waals surface area contributed by atoms with Crippen molar-refractivity contribution in [2.45, 2.75) is 12.7 Å². The van der Waals surface area contributed by atoms with E-state index in [0.29, 0.717) is 16.4 Å². The van der Waals surface area contributed by atoms with E-state index in [9.17, 15) is 9.59 Å². The highest BCUT2D eigenvalue weighted by Crippen LogP contribution is 2.24. The molecule has 3 aromatic rings. The van der Waals surface area contributed by atoms with Gasteiger partial charge in [-0.05, 0) is 24.6 Å². The lowest BCUT2D eigenvalue weighted by Crippen LogP contribution is -2.42. The van der Waals surface area contributed by atoms with Crippen molar-refractivity contribution in [1.82, 2.24) is 10.9 Å². The van der Waals surface area contributed by atoms with Gasteiger partial charge in [-0.2, -0.15) is 0 Å². The summed E-state index contributed by atoms with van der Waals surface area (Å²) in [4.78, 5) is 24.1. The van der Waals surface area contributed by atoms with Gasteiger partial charge in [0.25, 0.3) is 0 Å². The number of amides is 2. The molecule has 0 aliphatic heterocycles. The first kappa shape index (κ1) is 18.4. The fraction of sp³-hybridized carbons (Fsp3) is 0.158. The molecule has 134 valence electrons. The van der Waals surface area contributed by atoms with Crippen LogP contribution in [0.1, 0.15) is 21.7 Å². The van der Waals surface area contributed by atoms with Gasteiger partial charge < -0.3 is 4.42 Å². The largest absolute Gasteiger partial charge is 0.451 e. The maximum Gasteiger partial charge on any atom is 0.305 e. The van der Waals surface area contributed by atoms with Gasteiger partial charge in [0, 0.05) is 21.7 Å². The molecule has 0 spiro atoms. The van der Waals surface area contributed by atoms with Gasteiger partial charge in [0.1, 0.15) is 5.58 Å². The molecule has 3 rings (SSSR count). The highest BCUT2D eigenvalue weighted by Gasteiger charge is 2.17. The number of thioether (sulfide) groups is 1. The third-order valence-electron chi connectivity index (χ3n) is 3.81. The molecule has 0 aliphatic rings. The van der Waals surface area contributed by atoms with Crippen LogP contribution in [0.5, 0.6) is 0 Å². The predicted octanol–water partition coefficient (Wildman–Crippen LogP) is 4.09. The minimum atomic E-state index is -0.483. The third kappa shape index (κ3) is 4.20. The van der Waals surface area contributed by atoms with Crippen molar-refractivity contribution in [3.8, 4) is 0 Å². The second-order valence-corrected chi connectivity index (χ2v) is 7.03. The number of hydrogen-bond donors (Lipinski definition) is 2. The SMILES string of the molecule is Cc1c(C(=O)NNC(=O)CSCc2ccccc2Cl)oc2ccccc12. The number of hydrazine groups is 1. The van der Waals surface area contributed by atoms with Crippen LogP contribution in [0.2, 0.25) is 5.02 Å². The second-order valence-electron chi connectivity index (χ2n) is 5.64. The van der Waals surface area contributed by atoms with E-state index in [1.807, 2.05) is 49.4 Å². The number of para-hydroxylation sites is 1. The minimum Gasteiger partial charge on any atom is -0.451 e. The number of fused-ring (bicyclic) bond motifs is 1. The van der Waals surface area contributed by atoms with Crippen LogP contribution in [-0.2, 0) is 10.5 Å². The smallest absolute Gasteiger partial charge is 0.305 e. The first-order valence-corrected chi connectivity index (χ1v) is 9.48. The minimum absolute atomic E-state index is 0.190. The standard InChI is InChI=1S/C19H17ClN2O3S/c1-12-14-7-3-5-9-16(14)25-18(12)19(24)22-21-17(23)11-26-10-13-6-2-4-8-15(13)20/h2-9H,10-11H2,1H3,(H,21,23)(H,22,24). The van der Waals surface area contributed by atoms with Crippen LogP contribution >= 0.6 is 23.4 Å². The summed E-state index contributed by atoms with van der Waals surface area (Å²) in [7, 11) is 0. The monoisotopic (exact) mass is 388 g/mol. The molecule has 0 saturated heterocycles. The molecule has 2 aromatic carbocycles. The highest BCUT2D eigenvalue weighted by molar-refractivity contribution is 7.99. The first-order chi connectivity index (χ1) is 12.6. The molecule has 0 radical (unpaired) electrons. The fourth-order valence-corrected chi connectivity index (χ4v) is 3.59. The van der Waals surface area contributed by atoms with Gasteiger partial charge in [-0.25, -0.2) is 0 Å². The summed E-state index contributed by atoms with van der Waals surface area (Å²) in [6.45, 7) is 1.81. The quantitative estimate of drug-likeness (QED) is 0.646. The Morgan fingerprint density at radius 2 is 1.81 bits per heavy atom.